The van der Waals surface area contributed by atoms with Crippen molar-refractivity contribution in [2.24, 2.45) is 0 Å². The van der Waals surface area contributed by atoms with Crippen molar-refractivity contribution in [3.63, 3.8) is 0 Å². The summed E-state index contributed by atoms with van der Waals surface area (Å²) in [4.78, 5) is 41.6. The van der Waals surface area contributed by atoms with E-state index in [4.69, 9.17) is 23.2 Å². The van der Waals surface area contributed by atoms with Gasteiger partial charge in [-0.15, -0.1) is 0 Å². The zero-order valence-corrected chi connectivity index (χ0v) is 28.2. The number of fused-ring (bicyclic) bond motifs is 1. The van der Waals surface area contributed by atoms with Gasteiger partial charge in [0, 0.05) is 47.5 Å². The fraction of sp³-hybridized carbons (Fsp3) is 0.344. The van der Waals surface area contributed by atoms with Crippen LogP contribution in [0.4, 0.5) is 11.6 Å². The second kappa shape index (κ2) is 12.3. The van der Waals surface area contributed by atoms with Crippen LogP contribution < -0.4 is 10.2 Å². The third-order valence-corrected chi connectivity index (χ3v) is 10.7. The minimum absolute atomic E-state index is 0.0435. The first kappa shape index (κ1) is 33.0. The van der Waals surface area contributed by atoms with Crippen LogP contribution in [-0.4, -0.2) is 73.9 Å². The molecule has 6 rings (SSSR count). The number of carbonyl (C=O) groups is 2. The number of nitrogens with zero attached hydrogens (tertiary/aromatic N) is 6. The van der Waals surface area contributed by atoms with E-state index < -0.39 is 39.0 Å². The molecule has 2 amide bonds. The van der Waals surface area contributed by atoms with Gasteiger partial charge in [0.1, 0.15) is 17.9 Å². The van der Waals surface area contributed by atoms with Gasteiger partial charge in [0.05, 0.1) is 17.5 Å². The molecule has 0 bridgehead atoms. The van der Waals surface area contributed by atoms with Crippen molar-refractivity contribution >= 4 is 56.7 Å². The van der Waals surface area contributed by atoms with Gasteiger partial charge in [0.2, 0.25) is 11.9 Å². The summed E-state index contributed by atoms with van der Waals surface area (Å²) >= 11 is 12.6. The number of carbonyl (C=O) groups excluding carboxylic acids is 2. The normalized spacial score (nSPS) is 20.1. The van der Waals surface area contributed by atoms with Gasteiger partial charge >= 0.3 is 0 Å². The minimum atomic E-state index is -4.35. The van der Waals surface area contributed by atoms with Crippen molar-refractivity contribution in [1.29, 1.82) is 0 Å². The maximum absolute atomic E-state index is 14.5. The second-order valence-corrected chi connectivity index (χ2v) is 15.3. The molecule has 12 nitrogen and oxygen atoms in total. The summed E-state index contributed by atoms with van der Waals surface area (Å²) in [5, 5.41) is 13.1. The van der Waals surface area contributed by atoms with Crippen LogP contribution >= 0.6 is 23.2 Å². The van der Waals surface area contributed by atoms with Gasteiger partial charge in [-0.1, -0.05) is 47.5 Å². The second-order valence-electron chi connectivity index (χ2n) is 12.6. The number of halogens is 2. The highest BCUT2D eigenvalue weighted by atomic mass is 35.5. The molecule has 246 valence electrons. The van der Waals surface area contributed by atoms with E-state index in [1.165, 1.54) is 28.1 Å². The molecule has 1 saturated heterocycles. The minimum Gasteiger partial charge on any atom is -0.389 e. The molecule has 4 aromatic rings. The van der Waals surface area contributed by atoms with E-state index in [-0.39, 0.29) is 40.5 Å². The Kier molecular flexibility index (Phi) is 8.64. The Bertz CT molecular complexity index is 1930. The van der Waals surface area contributed by atoms with E-state index in [9.17, 15) is 23.1 Å². The first-order chi connectivity index (χ1) is 22.2. The molecule has 0 aliphatic carbocycles. The number of amides is 2. The van der Waals surface area contributed by atoms with E-state index in [1.807, 2.05) is 24.3 Å². The number of rotatable bonds is 9. The molecule has 2 aliphatic rings. The number of hydrogen-bond acceptors (Lipinski definition) is 8. The number of aromatic nitrogens is 4. The van der Waals surface area contributed by atoms with Crippen LogP contribution in [-0.2, 0) is 31.6 Å². The van der Waals surface area contributed by atoms with Crippen molar-refractivity contribution < 1.29 is 23.1 Å². The molecule has 2 atom stereocenters. The third kappa shape index (κ3) is 6.25. The molecule has 0 radical (unpaired) electrons. The lowest BCUT2D eigenvalue weighted by Crippen LogP contribution is -2.49. The van der Waals surface area contributed by atoms with Crippen molar-refractivity contribution in [2.45, 2.75) is 62.2 Å². The zero-order chi connectivity index (χ0) is 33.7. The lowest BCUT2D eigenvalue weighted by atomic mass is 9.91. The standard InChI is InChI=1S/C32H33Cl2N7O5S/c1-31(2,44)18-38-28(42)26-5-4-10-39(26)47(45,46)27-17-37-30-40(25-12-23(33)11-24(34)13-25)29(43)32(3,41(27)30)14-20-6-8-21(9-7-20)22-15-35-19-36-16-22/h6-9,11-13,15-17,19,26,44H,4-5,10,14,18H2,1-3H3,(H,38,42). The Hall–Kier alpha value is -3.88. The average molecular weight is 699 g/mol. The first-order valence-electron chi connectivity index (χ1n) is 14.9. The Labute approximate surface area is 282 Å². The molecule has 47 heavy (non-hydrogen) atoms. The molecule has 0 saturated carbocycles. The molecule has 2 unspecified atom stereocenters. The van der Waals surface area contributed by atoms with Crippen molar-refractivity contribution in [1.82, 2.24) is 29.1 Å². The SMILES string of the molecule is CC(C)(O)CNC(=O)C1CCCN1S(=O)(=O)c1cnc2n1C(C)(Cc1ccc(-c3cncnc3)cc1)C(=O)N2c1cc(Cl)cc(Cl)c1. The number of anilines is 2. The molecule has 0 spiro atoms. The Balaban J connectivity index is 1.42. The van der Waals surface area contributed by atoms with E-state index in [2.05, 4.69) is 20.3 Å². The smallest absolute Gasteiger partial charge is 0.261 e. The molecule has 2 N–H and O–H groups in total. The molecule has 1 fully saturated rings. The maximum atomic E-state index is 14.5. The highest BCUT2D eigenvalue weighted by molar-refractivity contribution is 7.89. The lowest BCUT2D eigenvalue weighted by molar-refractivity contribution is -0.125. The van der Waals surface area contributed by atoms with Gasteiger partial charge in [0.25, 0.3) is 15.9 Å². The summed E-state index contributed by atoms with van der Waals surface area (Å²) in [5.74, 6) is -0.862. The highest BCUT2D eigenvalue weighted by Gasteiger charge is 2.53. The predicted octanol–water partition coefficient (Wildman–Crippen LogP) is 4.32. The number of hydrogen-bond donors (Lipinski definition) is 2. The summed E-state index contributed by atoms with van der Waals surface area (Å²) in [6.45, 7) is 4.82. The number of sulfonamides is 1. The molecule has 2 aromatic heterocycles. The fourth-order valence-corrected chi connectivity index (χ4v) is 8.47. The number of imidazole rings is 1. The van der Waals surface area contributed by atoms with Gasteiger partial charge in [-0.25, -0.2) is 28.3 Å². The van der Waals surface area contributed by atoms with Crippen LogP contribution in [0.1, 0.15) is 39.2 Å². The van der Waals surface area contributed by atoms with Gasteiger partial charge < -0.3 is 10.4 Å². The largest absolute Gasteiger partial charge is 0.389 e. The van der Waals surface area contributed by atoms with Gasteiger partial charge in [0.15, 0.2) is 5.03 Å². The van der Waals surface area contributed by atoms with Crippen molar-refractivity contribution in [2.75, 3.05) is 18.0 Å². The van der Waals surface area contributed by atoms with E-state index in [0.717, 1.165) is 21.0 Å². The van der Waals surface area contributed by atoms with Gasteiger partial charge in [-0.2, -0.15) is 4.31 Å². The monoisotopic (exact) mass is 697 g/mol. The number of benzene rings is 2. The number of nitrogens with one attached hydrogen (secondary N) is 1. The molecule has 15 heteroatoms. The summed E-state index contributed by atoms with van der Waals surface area (Å²) in [6.07, 6.45) is 6.94. The van der Waals surface area contributed by atoms with E-state index in [1.54, 1.807) is 45.3 Å². The van der Waals surface area contributed by atoms with E-state index >= 15 is 0 Å². The van der Waals surface area contributed by atoms with Crippen LogP contribution in [0, 0.1) is 0 Å². The van der Waals surface area contributed by atoms with Gasteiger partial charge in [-0.3, -0.25) is 14.2 Å². The predicted molar refractivity (Wildman–Crippen MR) is 177 cm³/mol. The van der Waals surface area contributed by atoms with Gasteiger partial charge in [-0.05, 0) is 62.9 Å². The number of aliphatic hydroxyl groups is 1. The summed E-state index contributed by atoms with van der Waals surface area (Å²) < 4.78 is 31.4. The molecule has 2 aliphatic heterocycles. The molecule has 4 heterocycles. The maximum Gasteiger partial charge on any atom is 0.261 e. The molecular formula is C32H33Cl2N7O5S. The fourth-order valence-electron chi connectivity index (χ4n) is 6.11. The average Bonchev–Trinajstić information content (AvgIpc) is 3.73. The molecular weight excluding hydrogens is 665 g/mol. The van der Waals surface area contributed by atoms with Crippen LogP contribution in [0.25, 0.3) is 11.1 Å². The Morgan fingerprint density at radius 2 is 1.72 bits per heavy atom. The quantitative estimate of drug-likeness (QED) is 0.263. The lowest BCUT2D eigenvalue weighted by Gasteiger charge is -2.29. The summed E-state index contributed by atoms with van der Waals surface area (Å²) in [7, 11) is -4.35. The van der Waals surface area contributed by atoms with Crippen LogP contribution in [0.15, 0.2) is 72.4 Å². The Morgan fingerprint density at radius 1 is 1.06 bits per heavy atom. The summed E-state index contributed by atoms with van der Waals surface area (Å²) in [6, 6.07) is 11.2. The topological polar surface area (TPSA) is 151 Å². The van der Waals surface area contributed by atoms with Crippen LogP contribution in [0.3, 0.4) is 0 Å². The van der Waals surface area contributed by atoms with E-state index in [0.29, 0.717) is 18.5 Å². The van der Waals surface area contributed by atoms with Crippen molar-refractivity contribution in [3.05, 3.63) is 83.0 Å². The highest BCUT2D eigenvalue weighted by Crippen LogP contribution is 2.45. The first-order valence-corrected chi connectivity index (χ1v) is 17.1. The Morgan fingerprint density at radius 3 is 2.36 bits per heavy atom. The van der Waals surface area contributed by atoms with Crippen LogP contribution in [0.2, 0.25) is 10.0 Å². The zero-order valence-electron chi connectivity index (χ0n) is 25.9. The summed E-state index contributed by atoms with van der Waals surface area (Å²) in [5.41, 5.74) is 0.160. The van der Waals surface area contributed by atoms with Crippen LogP contribution in [0.5, 0.6) is 0 Å². The molecule has 2 aromatic carbocycles. The van der Waals surface area contributed by atoms with Crippen molar-refractivity contribution in [3.8, 4) is 11.1 Å². The third-order valence-electron chi connectivity index (χ3n) is 8.34.